The Kier molecular flexibility index (Phi) is 8.82. The number of ether oxygens (including phenoxy) is 1. The number of para-hydroxylation sites is 1. The van der Waals surface area contributed by atoms with Crippen molar-refractivity contribution in [3.8, 4) is 5.75 Å². The molecule has 0 radical (unpaired) electrons. The van der Waals surface area contributed by atoms with Crippen LogP contribution in [-0.2, 0) is 16.1 Å². The van der Waals surface area contributed by atoms with E-state index in [0.29, 0.717) is 30.3 Å². The smallest absolute Gasteiger partial charge is 0.261 e. The van der Waals surface area contributed by atoms with Crippen LogP contribution in [0.5, 0.6) is 5.75 Å². The zero-order valence-electron chi connectivity index (χ0n) is 16.4. The number of hydrogen-bond donors (Lipinski definition) is 1. The average molecular weight is 403 g/mol. The van der Waals surface area contributed by atoms with Crippen LogP contribution in [0.4, 0.5) is 0 Å². The van der Waals surface area contributed by atoms with Crippen molar-refractivity contribution in [3.63, 3.8) is 0 Å². The fourth-order valence-electron chi connectivity index (χ4n) is 2.82. The van der Waals surface area contributed by atoms with Crippen molar-refractivity contribution in [3.05, 3.63) is 65.2 Å². The highest BCUT2D eigenvalue weighted by atomic mass is 35.5. The summed E-state index contributed by atoms with van der Waals surface area (Å²) in [7, 11) is 0. The number of amides is 2. The van der Waals surface area contributed by atoms with Crippen molar-refractivity contribution in [2.24, 2.45) is 0 Å². The number of nitrogens with zero attached hydrogens (tertiary/aromatic N) is 1. The molecule has 0 heterocycles. The van der Waals surface area contributed by atoms with Gasteiger partial charge in [-0.2, -0.15) is 0 Å². The predicted octanol–water partition coefficient (Wildman–Crippen LogP) is 4.05. The van der Waals surface area contributed by atoms with E-state index < -0.39 is 6.04 Å². The van der Waals surface area contributed by atoms with Crippen LogP contribution in [-0.4, -0.2) is 35.9 Å². The lowest BCUT2D eigenvalue weighted by Crippen LogP contribution is -2.50. The Morgan fingerprint density at radius 3 is 2.36 bits per heavy atom. The third-order valence-corrected chi connectivity index (χ3v) is 4.56. The molecule has 6 heteroatoms. The topological polar surface area (TPSA) is 58.6 Å². The predicted molar refractivity (Wildman–Crippen MR) is 111 cm³/mol. The van der Waals surface area contributed by atoms with E-state index in [0.717, 1.165) is 12.0 Å². The van der Waals surface area contributed by atoms with Gasteiger partial charge in [-0.15, -0.1) is 0 Å². The maximum atomic E-state index is 13.0. The van der Waals surface area contributed by atoms with Gasteiger partial charge in [-0.3, -0.25) is 9.59 Å². The fourth-order valence-corrected chi connectivity index (χ4v) is 2.94. The van der Waals surface area contributed by atoms with Crippen LogP contribution in [0.25, 0.3) is 0 Å². The molecule has 0 unspecified atom stereocenters. The molecule has 0 saturated carbocycles. The van der Waals surface area contributed by atoms with Crippen LogP contribution in [0.3, 0.4) is 0 Å². The number of benzene rings is 2. The van der Waals surface area contributed by atoms with Gasteiger partial charge in [-0.25, -0.2) is 0 Å². The van der Waals surface area contributed by atoms with E-state index in [1.165, 1.54) is 0 Å². The summed E-state index contributed by atoms with van der Waals surface area (Å²) in [5.41, 5.74) is 0.902. The Labute approximate surface area is 171 Å². The number of nitrogens with one attached hydrogen (secondary N) is 1. The summed E-state index contributed by atoms with van der Waals surface area (Å²) in [6.45, 7) is 4.65. The molecule has 0 aromatic heterocycles. The molecule has 28 heavy (non-hydrogen) atoms. The number of halogens is 1. The average Bonchev–Trinajstić information content (AvgIpc) is 2.72. The summed E-state index contributed by atoms with van der Waals surface area (Å²) >= 11 is 5.96. The monoisotopic (exact) mass is 402 g/mol. The van der Waals surface area contributed by atoms with E-state index in [-0.39, 0.29) is 18.4 Å². The summed E-state index contributed by atoms with van der Waals surface area (Å²) in [5.74, 6) is 0.231. The Balaban J connectivity index is 2.16. The molecule has 0 aliphatic carbocycles. The van der Waals surface area contributed by atoms with E-state index >= 15 is 0 Å². The first kappa shape index (κ1) is 21.8. The molecule has 2 rings (SSSR count). The molecule has 5 nitrogen and oxygen atoms in total. The van der Waals surface area contributed by atoms with Gasteiger partial charge in [0.05, 0.1) is 0 Å². The lowest BCUT2D eigenvalue weighted by atomic mass is 10.1. The van der Waals surface area contributed by atoms with E-state index in [1.54, 1.807) is 29.2 Å². The molecule has 0 saturated heterocycles. The van der Waals surface area contributed by atoms with Gasteiger partial charge in [0, 0.05) is 18.1 Å². The molecule has 0 aliphatic heterocycles. The van der Waals surface area contributed by atoms with Gasteiger partial charge in [0.15, 0.2) is 6.61 Å². The normalized spacial score (nSPS) is 11.5. The minimum atomic E-state index is -0.561. The lowest BCUT2D eigenvalue weighted by molar-refractivity contribution is -0.143. The van der Waals surface area contributed by atoms with Crippen LogP contribution in [0.1, 0.15) is 32.3 Å². The van der Waals surface area contributed by atoms with E-state index in [4.69, 9.17) is 16.3 Å². The van der Waals surface area contributed by atoms with Gasteiger partial charge in [-0.05, 0) is 42.7 Å². The van der Waals surface area contributed by atoms with Gasteiger partial charge in [-0.1, -0.05) is 55.8 Å². The SMILES string of the molecule is CCCNC(=O)[C@@H](CC)N(Cc1ccc(Cl)cc1)C(=O)COc1ccccc1. The number of rotatable bonds is 10. The van der Waals surface area contributed by atoms with Crippen LogP contribution in [0.2, 0.25) is 5.02 Å². The van der Waals surface area contributed by atoms with Crippen molar-refractivity contribution in [1.82, 2.24) is 10.2 Å². The summed E-state index contributed by atoms with van der Waals surface area (Å²) in [5, 5.41) is 3.52. The molecule has 1 N–H and O–H groups in total. The molecule has 1 atom stereocenters. The number of carbonyl (C=O) groups excluding carboxylic acids is 2. The summed E-state index contributed by atoms with van der Waals surface area (Å²) in [6.07, 6.45) is 1.35. The molecular formula is C22H27ClN2O3. The molecule has 2 aromatic rings. The van der Waals surface area contributed by atoms with Crippen LogP contribution in [0.15, 0.2) is 54.6 Å². The summed E-state index contributed by atoms with van der Waals surface area (Å²) < 4.78 is 5.62. The first-order valence-corrected chi connectivity index (χ1v) is 9.92. The van der Waals surface area contributed by atoms with Crippen molar-refractivity contribution >= 4 is 23.4 Å². The van der Waals surface area contributed by atoms with Gasteiger partial charge in [0.25, 0.3) is 5.91 Å². The van der Waals surface area contributed by atoms with Gasteiger partial charge < -0.3 is 15.0 Å². The van der Waals surface area contributed by atoms with Crippen LogP contribution >= 0.6 is 11.6 Å². The van der Waals surface area contributed by atoms with Gasteiger partial charge >= 0.3 is 0 Å². The summed E-state index contributed by atoms with van der Waals surface area (Å²) in [4.78, 5) is 27.2. The minimum absolute atomic E-state index is 0.130. The zero-order chi connectivity index (χ0) is 20.4. The number of carbonyl (C=O) groups is 2. The molecule has 0 spiro atoms. The Hall–Kier alpha value is -2.53. The molecule has 2 aromatic carbocycles. The number of hydrogen-bond acceptors (Lipinski definition) is 3. The lowest BCUT2D eigenvalue weighted by Gasteiger charge is -2.30. The molecule has 150 valence electrons. The van der Waals surface area contributed by atoms with Crippen molar-refractivity contribution in [2.75, 3.05) is 13.2 Å². The Bertz CT molecular complexity index is 750. The Morgan fingerprint density at radius 2 is 1.75 bits per heavy atom. The quantitative estimate of drug-likeness (QED) is 0.652. The van der Waals surface area contributed by atoms with Crippen molar-refractivity contribution < 1.29 is 14.3 Å². The molecule has 0 aliphatic rings. The highest BCUT2D eigenvalue weighted by molar-refractivity contribution is 6.30. The summed E-state index contributed by atoms with van der Waals surface area (Å²) in [6, 6.07) is 15.9. The van der Waals surface area contributed by atoms with Crippen molar-refractivity contribution in [2.45, 2.75) is 39.3 Å². The maximum Gasteiger partial charge on any atom is 0.261 e. The minimum Gasteiger partial charge on any atom is -0.484 e. The largest absolute Gasteiger partial charge is 0.484 e. The van der Waals surface area contributed by atoms with E-state index in [1.807, 2.05) is 44.2 Å². The zero-order valence-corrected chi connectivity index (χ0v) is 17.1. The van der Waals surface area contributed by atoms with E-state index in [2.05, 4.69) is 5.32 Å². The van der Waals surface area contributed by atoms with Crippen LogP contribution < -0.4 is 10.1 Å². The molecule has 2 amide bonds. The highest BCUT2D eigenvalue weighted by Gasteiger charge is 2.28. The standard InChI is InChI=1S/C22H27ClN2O3/c1-3-14-24-22(27)20(4-2)25(15-17-10-12-18(23)13-11-17)21(26)16-28-19-8-6-5-7-9-19/h5-13,20H,3-4,14-16H2,1-2H3,(H,24,27)/t20-/m1/s1. The first-order valence-electron chi connectivity index (χ1n) is 9.54. The Morgan fingerprint density at radius 1 is 1.07 bits per heavy atom. The van der Waals surface area contributed by atoms with Gasteiger partial charge in [0.2, 0.25) is 5.91 Å². The molecule has 0 fully saturated rings. The highest BCUT2D eigenvalue weighted by Crippen LogP contribution is 2.16. The first-order chi connectivity index (χ1) is 13.5. The van der Waals surface area contributed by atoms with Crippen molar-refractivity contribution in [1.29, 1.82) is 0 Å². The second-order valence-corrected chi connectivity index (χ2v) is 6.90. The second-order valence-electron chi connectivity index (χ2n) is 6.46. The van der Waals surface area contributed by atoms with E-state index in [9.17, 15) is 9.59 Å². The molecule has 0 bridgehead atoms. The van der Waals surface area contributed by atoms with Gasteiger partial charge in [0.1, 0.15) is 11.8 Å². The molecular weight excluding hydrogens is 376 g/mol. The second kappa shape index (κ2) is 11.3. The van der Waals surface area contributed by atoms with Crippen LogP contribution in [0, 0.1) is 0 Å². The maximum absolute atomic E-state index is 13.0. The third kappa shape index (κ3) is 6.57. The third-order valence-electron chi connectivity index (χ3n) is 4.31. The fraction of sp³-hybridized carbons (Fsp3) is 0.364.